The van der Waals surface area contributed by atoms with Crippen LogP contribution in [0.15, 0.2) is 53.0 Å². The number of amides is 1. The third kappa shape index (κ3) is 3.45. The number of hydrogen-bond donors (Lipinski definition) is 1. The molecule has 0 bridgehead atoms. The van der Waals surface area contributed by atoms with Crippen molar-refractivity contribution in [3.63, 3.8) is 0 Å². The highest BCUT2D eigenvalue weighted by Gasteiger charge is 2.32. The molecule has 0 heterocycles. The van der Waals surface area contributed by atoms with E-state index in [0.717, 1.165) is 15.7 Å². The summed E-state index contributed by atoms with van der Waals surface area (Å²) in [6, 6.07) is 15.1. The van der Waals surface area contributed by atoms with Crippen LogP contribution >= 0.6 is 15.9 Å². The molecule has 1 N–H and O–H groups in total. The molecule has 0 atom stereocenters. The SMILES string of the molecule is COc1ccccc1C(C)(C)C(=O)Nc1ccc(Br)cc1. The number of methoxy groups -OCH3 is 1. The number of anilines is 1. The van der Waals surface area contributed by atoms with Crippen LogP contribution in [0, 0.1) is 0 Å². The molecule has 2 aromatic rings. The number of hydrogen-bond acceptors (Lipinski definition) is 2. The van der Waals surface area contributed by atoms with E-state index in [0.29, 0.717) is 5.75 Å². The Labute approximate surface area is 133 Å². The fourth-order valence-corrected chi connectivity index (χ4v) is 2.37. The zero-order valence-corrected chi connectivity index (χ0v) is 13.9. The predicted molar refractivity (Wildman–Crippen MR) is 88.8 cm³/mol. The first-order valence-corrected chi connectivity index (χ1v) is 7.45. The van der Waals surface area contributed by atoms with E-state index < -0.39 is 5.41 Å². The lowest BCUT2D eigenvalue weighted by atomic mass is 9.83. The molecule has 21 heavy (non-hydrogen) atoms. The van der Waals surface area contributed by atoms with E-state index in [1.54, 1.807) is 7.11 Å². The molecule has 0 aromatic heterocycles. The van der Waals surface area contributed by atoms with Gasteiger partial charge in [-0.05, 0) is 44.2 Å². The summed E-state index contributed by atoms with van der Waals surface area (Å²) in [5, 5.41) is 2.94. The van der Waals surface area contributed by atoms with Gasteiger partial charge >= 0.3 is 0 Å². The predicted octanol–water partition coefficient (Wildman–Crippen LogP) is 4.37. The van der Waals surface area contributed by atoms with Crippen LogP contribution in [0.5, 0.6) is 5.75 Å². The monoisotopic (exact) mass is 347 g/mol. The van der Waals surface area contributed by atoms with Crippen molar-refractivity contribution in [1.29, 1.82) is 0 Å². The van der Waals surface area contributed by atoms with Crippen molar-refractivity contribution in [2.24, 2.45) is 0 Å². The van der Waals surface area contributed by atoms with Gasteiger partial charge in [-0.25, -0.2) is 0 Å². The van der Waals surface area contributed by atoms with Crippen LogP contribution < -0.4 is 10.1 Å². The molecule has 2 rings (SSSR count). The third-order valence-electron chi connectivity index (χ3n) is 3.45. The minimum Gasteiger partial charge on any atom is -0.496 e. The van der Waals surface area contributed by atoms with E-state index in [2.05, 4.69) is 21.2 Å². The number of benzene rings is 2. The van der Waals surface area contributed by atoms with Crippen LogP contribution in [0.2, 0.25) is 0 Å². The molecular formula is C17H18BrNO2. The highest BCUT2D eigenvalue weighted by atomic mass is 79.9. The van der Waals surface area contributed by atoms with Gasteiger partial charge in [0, 0.05) is 15.7 Å². The second kappa shape index (κ2) is 6.31. The average molecular weight is 348 g/mol. The molecule has 0 saturated heterocycles. The molecule has 4 heteroatoms. The number of carbonyl (C=O) groups excluding carboxylic acids is 1. The van der Waals surface area contributed by atoms with Gasteiger partial charge in [0.1, 0.15) is 5.75 Å². The van der Waals surface area contributed by atoms with Crippen molar-refractivity contribution in [1.82, 2.24) is 0 Å². The van der Waals surface area contributed by atoms with Gasteiger partial charge in [-0.1, -0.05) is 34.1 Å². The summed E-state index contributed by atoms with van der Waals surface area (Å²) in [5.41, 5.74) is 0.938. The second-order valence-electron chi connectivity index (χ2n) is 5.29. The first-order chi connectivity index (χ1) is 9.95. The van der Waals surface area contributed by atoms with Crippen LogP contribution in [0.4, 0.5) is 5.69 Å². The van der Waals surface area contributed by atoms with Gasteiger partial charge < -0.3 is 10.1 Å². The molecule has 110 valence electrons. The first kappa shape index (κ1) is 15.6. The lowest BCUT2D eigenvalue weighted by Crippen LogP contribution is -2.35. The minimum atomic E-state index is -0.695. The summed E-state index contributed by atoms with van der Waals surface area (Å²) < 4.78 is 6.34. The summed E-state index contributed by atoms with van der Waals surface area (Å²) in [5.74, 6) is 0.641. The largest absolute Gasteiger partial charge is 0.496 e. The van der Waals surface area contributed by atoms with Crippen molar-refractivity contribution < 1.29 is 9.53 Å². The Morgan fingerprint density at radius 1 is 1.10 bits per heavy atom. The smallest absolute Gasteiger partial charge is 0.234 e. The molecule has 0 radical (unpaired) electrons. The molecule has 3 nitrogen and oxygen atoms in total. The first-order valence-electron chi connectivity index (χ1n) is 6.65. The fraction of sp³-hybridized carbons (Fsp3) is 0.235. The Balaban J connectivity index is 2.26. The van der Waals surface area contributed by atoms with Gasteiger partial charge in [0.25, 0.3) is 0 Å². The average Bonchev–Trinajstić information content (AvgIpc) is 2.49. The quantitative estimate of drug-likeness (QED) is 0.891. The zero-order valence-electron chi connectivity index (χ0n) is 12.3. The second-order valence-corrected chi connectivity index (χ2v) is 6.20. The van der Waals surface area contributed by atoms with E-state index in [1.807, 2.05) is 62.4 Å². The van der Waals surface area contributed by atoms with Crippen molar-refractivity contribution in [3.8, 4) is 5.75 Å². The Kier molecular flexibility index (Phi) is 4.68. The van der Waals surface area contributed by atoms with Gasteiger partial charge in [0.2, 0.25) is 5.91 Å². The normalized spacial score (nSPS) is 11.0. The number of nitrogens with one attached hydrogen (secondary N) is 1. The highest BCUT2D eigenvalue weighted by Crippen LogP contribution is 2.32. The van der Waals surface area contributed by atoms with Crippen LogP contribution in [-0.2, 0) is 10.2 Å². The molecule has 0 saturated carbocycles. The molecule has 0 unspecified atom stereocenters. The van der Waals surface area contributed by atoms with Crippen LogP contribution in [0.1, 0.15) is 19.4 Å². The zero-order chi connectivity index (χ0) is 15.5. The van der Waals surface area contributed by atoms with E-state index in [-0.39, 0.29) is 5.91 Å². The molecule has 0 aliphatic rings. The van der Waals surface area contributed by atoms with E-state index in [4.69, 9.17) is 4.74 Å². The van der Waals surface area contributed by atoms with Gasteiger partial charge in [0.15, 0.2) is 0 Å². The van der Waals surface area contributed by atoms with E-state index in [1.165, 1.54) is 0 Å². The summed E-state index contributed by atoms with van der Waals surface area (Å²) >= 11 is 3.38. The summed E-state index contributed by atoms with van der Waals surface area (Å²) in [6.07, 6.45) is 0. The van der Waals surface area contributed by atoms with Crippen LogP contribution in [-0.4, -0.2) is 13.0 Å². The number of carbonyl (C=O) groups is 1. The highest BCUT2D eigenvalue weighted by molar-refractivity contribution is 9.10. The fourth-order valence-electron chi connectivity index (χ4n) is 2.10. The summed E-state index contributed by atoms with van der Waals surface area (Å²) in [6.45, 7) is 3.78. The van der Waals surface area contributed by atoms with Gasteiger partial charge in [-0.3, -0.25) is 4.79 Å². The number of para-hydroxylation sites is 1. The Morgan fingerprint density at radius 2 is 1.71 bits per heavy atom. The Morgan fingerprint density at radius 3 is 2.33 bits per heavy atom. The topological polar surface area (TPSA) is 38.3 Å². The number of halogens is 1. The maximum absolute atomic E-state index is 12.6. The van der Waals surface area contributed by atoms with Crippen molar-refractivity contribution >= 4 is 27.5 Å². The lowest BCUT2D eigenvalue weighted by Gasteiger charge is -2.26. The molecule has 0 spiro atoms. The van der Waals surface area contributed by atoms with Crippen molar-refractivity contribution in [3.05, 3.63) is 58.6 Å². The van der Waals surface area contributed by atoms with Crippen molar-refractivity contribution in [2.75, 3.05) is 12.4 Å². The van der Waals surface area contributed by atoms with Gasteiger partial charge in [0.05, 0.1) is 12.5 Å². The third-order valence-corrected chi connectivity index (χ3v) is 3.98. The summed E-state index contributed by atoms with van der Waals surface area (Å²) in [4.78, 5) is 12.6. The van der Waals surface area contributed by atoms with Crippen molar-refractivity contribution in [2.45, 2.75) is 19.3 Å². The van der Waals surface area contributed by atoms with E-state index >= 15 is 0 Å². The molecular weight excluding hydrogens is 330 g/mol. The number of ether oxygens (including phenoxy) is 1. The maximum Gasteiger partial charge on any atom is 0.234 e. The Hall–Kier alpha value is -1.81. The molecule has 0 aliphatic heterocycles. The summed E-state index contributed by atoms with van der Waals surface area (Å²) in [7, 11) is 1.61. The molecule has 1 amide bonds. The minimum absolute atomic E-state index is 0.0747. The van der Waals surface area contributed by atoms with Crippen LogP contribution in [0.25, 0.3) is 0 Å². The molecule has 2 aromatic carbocycles. The molecule has 0 fully saturated rings. The standard InChI is InChI=1S/C17H18BrNO2/c1-17(2,14-6-4-5-7-15(14)21-3)16(20)19-13-10-8-12(18)9-11-13/h4-11H,1-3H3,(H,19,20). The number of rotatable bonds is 4. The van der Waals surface area contributed by atoms with Gasteiger partial charge in [-0.15, -0.1) is 0 Å². The Bertz CT molecular complexity index is 635. The lowest BCUT2D eigenvalue weighted by molar-refractivity contribution is -0.120. The molecule has 0 aliphatic carbocycles. The maximum atomic E-state index is 12.6. The van der Waals surface area contributed by atoms with Crippen LogP contribution in [0.3, 0.4) is 0 Å². The van der Waals surface area contributed by atoms with E-state index in [9.17, 15) is 4.79 Å². The van der Waals surface area contributed by atoms with Gasteiger partial charge in [-0.2, -0.15) is 0 Å².